The molecule has 0 aliphatic heterocycles. The molecule has 0 heterocycles. The maximum atomic E-state index is 10.8. The van der Waals surface area contributed by atoms with Gasteiger partial charge in [-0.2, -0.15) is 0 Å². The Balaban J connectivity index is 1.94. The zero-order valence-electron chi connectivity index (χ0n) is 11.9. The Bertz CT molecular complexity index is 321. The first-order valence-electron chi connectivity index (χ1n) is 7.57. The van der Waals surface area contributed by atoms with Crippen LogP contribution in [0.4, 0.5) is 0 Å². The molecule has 3 aliphatic rings. The number of fused-ring (bicyclic) bond motifs is 4. The molecule has 6 unspecified atom stereocenters. The van der Waals surface area contributed by atoms with Gasteiger partial charge in [0.2, 0.25) is 0 Å². The molecule has 0 aromatic rings. The van der Waals surface area contributed by atoms with Gasteiger partial charge in [-0.25, -0.2) is 0 Å². The van der Waals surface area contributed by atoms with Crippen LogP contribution in [0.25, 0.3) is 0 Å². The summed E-state index contributed by atoms with van der Waals surface area (Å²) in [5.74, 6) is 3.36. The van der Waals surface area contributed by atoms with E-state index in [9.17, 15) is 5.11 Å². The Labute approximate surface area is 106 Å². The monoisotopic (exact) mass is 236 g/mol. The van der Waals surface area contributed by atoms with Crippen LogP contribution in [0.15, 0.2) is 0 Å². The van der Waals surface area contributed by atoms with Crippen LogP contribution in [-0.4, -0.2) is 11.2 Å². The summed E-state index contributed by atoms with van der Waals surface area (Å²) in [5, 5.41) is 10.8. The second-order valence-electron chi connectivity index (χ2n) is 8.02. The lowest BCUT2D eigenvalue weighted by Crippen LogP contribution is -2.69. The molecular formula is C16H28O. The van der Waals surface area contributed by atoms with Crippen molar-refractivity contribution >= 4 is 0 Å². The molecule has 0 radical (unpaired) electrons. The fourth-order valence-electron chi connectivity index (χ4n) is 6.28. The Morgan fingerprint density at radius 3 is 2.41 bits per heavy atom. The van der Waals surface area contributed by atoms with E-state index in [1.54, 1.807) is 0 Å². The Kier molecular flexibility index (Phi) is 2.47. The van der Waals surface area contributed by atoms with Crippen LogP contribution in [0.5, 0.6) is 0 Å². The SMILES string of the molecule is CC1CC(C)(C)C(O)C2(C)C3CCCCC3C12. The zero-order valence-corrected chi connectivity index (χ0v) is 11.9. The van der Waals surface area contributed by atoms with Crippen molar-refractivity contribution in [2.75, 3.05) is 0 Å². The third kappa shape index (κ3) is 1.35. The molecule has 3 rings (SSSR count). The van der Waals surface area contributed by atoms with Crippen molar-refractivity contribution in [1.82, 2.24) is 0 Å². The van der Waals surface area contributed by atoms with Gasteiger partial charge in [-0.05, 0) is 48.3 Å². The third-order valence-electron chi connectivity index (χ3n) is 6.59. The van der Waals surface area contributed by atoms with E-state index in [1.165, 1.54) is 32.1 Å². The highest BCUT2D eigenvalue weighted by Gasteiger charge is 2.67. The van der Waals surface area contributed by atoms with Crippen LogP contribution in [0.2, 0.25) is 0 Å². The molecule has 0 amide bonds. The van der Waals surface area contributed by atoms with Gasteiger partial charge in [-0.1, -0.05) is 40.5 Å². The van der Waals surface area contributed by atoms with Crippen molar-refractivity contribution in [2.45, 2.75) is 65.9 Å². The fourth-order valence-corrected chi connectivity index (χ4v) is 6.28. The van der Waals surface area contributed by atoms with Gasteiger partial charge in [-0.3, -0.25) is 0 Å². The van der Waals surface area contributed by atoms with Crippen molar-refractivity contribution in [1.29, 1.82) is 0 Å². The molecule has 3 saturated carbocycles. The standard InChI is InChI=1S/C16H28O/c1-10-9-15(2,3)14(17)16(4)12-8-6-5-7-11(12)13(10)16/h10-14,17H,5-9H2,1-4H3. The molecule has 0 spiro atoms. The topological polar surface area (TPSA) is 20.2 Å². The van der Waals surface area contributed by atoms with Crippen molar-refractivity contribution < 1.29 is 5.11 Å². The maximum absolute atomic E-state index is 10.8. The van der Waals surface area contributed by atoms with Crippen molar-refractivity contribution in [3.63, 3.8) is 0 Å². The van der Waals surface area contributed by atoms with E-state index in [1.807, 2.05) is 0 Å². The first-order valence-corrected chi connectivity index (χ1v) is 7.57. The summed E-state index contributed by atoms with van der Waals surface area (Å²) >= 11 is 0. The predicted octanol–water partition coefficient (Wildman–Crippen LogP) is 3.86. The normalized spacial score (nSPS) is 56.6. The van der Waals surface area contributed by atoms with Crippen LogP contribution >= 0.6 is 0 Å². The third-order valence-corrected chi connectivity index (χ3v) is 6.59. The van der Waals surface area contributed by atoms with Crippen LogP contribution in [0, 0.1) is 34.5 Å². The van der Waals surface area contributed by atoms with E-state index in [0.717, 1.165) is 23.7 Å². The second-order valence-corrected chi connectivity index (χ2v) is 8.02. The molecule has 0 aromatic heterocycles. The minimum atomic E-state index is -0.0875. The van der Waals surface area contributed by atoms with E-state index in [2.05, 4.69) is 27.7 Å². The van der Waals surface area contributed by atoms with Crippen LogP contribution in [-0.2, 0) is 0 Å². The van der Waals surface area contributed by atoms with E-state index in [4.69, 9.17) is 0 Å². The minimum Gasteiger partial charge on any atom is -0.392 e. The summed E-state index contributed by atoms with van der Waals surface area (Å²) in [5.41, 5.74) is 0.347. The van der Waals surface area contributed by atoms with E-state index in [-0.39, 0.29) is 16.9 Å². The molecule has 6 atom stereocenters. The van der Waals surface area contributed by atoms with Crippen LogP contribution < -0.4 is 0 Å². The maximum Gasteiger partial charge on any atom is 0.0650 e. The first-order chi connectivity index (χ1) is 7.89. The highest BCUT2D eigenvalue weighted by Crippen LogP contribution is 2.70. The van der Waals surface area contributed by atoms with Crippen molar-refractivity contribution in [2.24, 2.45) is 34.5 Å². The fraction of sp³-hybridized carbons (Fsp3) is 1.00. The van der Waals surface area contributed by atoms with E-state index >= 15 is 0 Å². The smallest absolute Gasteiger partial charge is 0.0650 e. The highest BCUT2D eigenvalue weighted by atomic mass is 16.3. The second kappa shape index (κ2) is 3.50. The number of aliphatic hydroxyl groups excluding tert-OH is 1. The molecule has 0 bridgehead atoms. The predicted molar refractivity (Wildman–Crippen MR) is 70.6 cm³/mol. The summed E-state index contributed by atoms with van der Waals surface area (Å²) in [4.78, 5) is 0. The van der Waals surface area contributed by atoms with Crippen LogP contribution in [0.3, 0.4) is 0 Å². The minimum absolute atomic E-state index is 0.0875. The lowest BCUT2D eigenvalue weighted by molar-refractivity contribution is -0.267. The molecule has 3 aliphatic carbocycles. The van der Waals surface area contributed by atoms with Gasteiger partial charge in [0.05, 0.1) is 6.10 Å². The van der Waals surface area contributed by atoms with E-state index in [0.29, 0.717) is 0 Å². The quantitative estimate of drug-likeness (QED) is 0.677. The lowest BCUT2D eigenvalue weighted by atomic mass is 9.35. The van der Waals surface area contributed by atoms with Gasteiger partial charge in [0.15, 0.2) is 0 Å². The summed E-state index contributed by atoms with van der Waals surface area (Å²) in [6.07, 6.45) is 6.75. The van der Waals surface area contributed by atoms with Gasteiger partial charge in [-0.15, -0.1) is 0 Å². The molecule has 0 saturated heterocycles. The molecule has 17 heavy (non-hydrogen) atoms. The summed E-state index contributed by atoms with van der Waals surface area (Å²) in [7, 11) is 0. The molecule has 1 nitrogen and oxygen atoms in total. The Morgan fingerprint density at radius 2 is 1.71 bits per heavy atom. The van der Waals surface area contributed by atoms with Crippen molar-refractivity contribution in [3.05, 3.63) is 0 Å². The molecule has 0 aromatic carbocycles. The van der Waals surface area contributed by atoms with Gasteiger partial charge >= 0.3 is 0 Å². The number of hydrogen-bond acceptors (Lipinski definition) is 1. The zero-order chi connectivity index (χ0) is 12.4. The molecule has 1 N–H and O–H groups in total. The van der Waals surface area contributed by atoms with Gasteiger partial charge < -0.3 is 5.11 Å². The van der Waals surface area contributed by atoms with Gasteiger partial charge in [0.25, 0.3) is 0 Å². The Hall–Kier alpha value is -0.0400. The highest BCUT2D eigenvalue weighted by molar-refractivity contribution is 5.16. The largest absolute Gasteiger partial charge is 0.392 e. The van der Waals surface area contributed by atoms with Crippen molar-refractivity contribution in [3.8, 4) is 0 Å². The molecule has 98 valence electrons. The Morgan fingerprint density at radius 1 is 1.06 bits per heavy atom. The molecule has 3 fully saturated rings. The average molecular weight is 236 g/mol. The first kappa shape index (κ1) is 12.0. The molecule has 1 heteroatoms. The summed E-state index contributed by atoms with van der Waals surface area (Å²) in [6.45, 7) is 9.37. The average Bonchev–Trinajstić information content (AvgIpc) is 2.24. The summed E-state index contributed by atoms with van der Waals surface area (Å²) in [6, 6.07) is 0. The number of rotatable bonds is 0. The van der Waals surface area contributed by atoms with Gasteiger partial charge in [0.1, 0.15) is 0 Å². The van der Waals surface area contributed by atoms with E-state index < -0.39 is 0 Å². The number of hydrogen-bond donors (Lipinski definition) is 1. The molecular weight excluding hydrogens is 208 g/mol. The van der Waals surface area contributed by atoms with Gasteiger partial charge in [0, 0.05) is 5.41 Å². The van der Waals surface area contributed by atoms with Crippen LogP contribution in [0.1, 0.15) is 59.8 Å². The lowest BCUT2D eigenvalue weighted by Gasteiger charge is -2.71. The summed E-state index contributed by atoms with van der Waals surface area (Å²) < 4.78 is 0. The number of aliphatic hydroxyl groups is 1.